The fraction of sp³-hybridized carbons (Fsp3) is 0.636. The Bertz CT molecular complexity index is 753. The second-order valence-electron chi connectivity index (χ2n) is 8.38. The summed E-state index contributed by atoms with van der Waals surface area (Å²) in [4.78, 5) is 13.2. The van der Waals surface area contributed by atoms with Crippen LogP contribution in [0.2, 0.25) is 0 Å². The molecule has 0 amide bonds. The SMILES string of the molecule is CCOC(=O)[C@]1(N)c2cc(C#N)ccc2C[C@@]12C[C@@H](CC)[C@H](C)[C@@H](C)C2. The summed E-state index contributed by atoms with van der Waals surface area (Å²) in [6, 6.07) is 7.80. The highest BCUT2D eigenvalue weighted by atomic mass is 16.5. The minimum Gasteiger partial charge on any atom is -0.464 e. The third kappa shape index (κ3) is 2.56. The van der Waals surface area contributed by atoms with E-state index < -0.39 is 5.54 Å². The fourth-order valence-corrected chi connectivity index (χ4v) is 5.55. The quantitative estimate of drug-likeness (QED) is 0.835. The van der Waals surface area contributed by atoms with Gasteiger partial charge in [0.2, 0.25) is 0 Å². The zero-order valence-electron chi connectivity index (χ0n) is 16.3. The molecule has 1 spiro atoms. The number of benzene rings is 1. The van der Waals surface area contributed by atoms with Gasteiger partial charge in [-0.3, -0.25) is 0 Å². The summed E-state index contributed by atoms with van der Waals surface area (Å²) in [5.41, 5.74) is 7.91. The lowest BCUT2D eigenvalue weighted by atomic mass is 9.54. The van der Waals surface area contributed by atoms with Crippen molar-refractivity contribution in [2.24, 2.45) is 28.9 Å². The minimum atomic E-state index is -1.17. The maximum atomic E-state index is 13.2. The van der Waals surface area contributed by atoms with Crippen molar-refractivity contribution in [2.45, 2.75) is 58.9 Å². The van der Waals surface area contributed by atoms with E-state index in [0.717, 1.165) is 36.8 Å². The number of nitriles is 1. The summed E-state index contributed by atoms with van der Waals surface area (Å²) < 4.78 is 5.47. The molecule has 2 N–H and O–H groups in total. The number of hydrogen-bond donors (Lipinski definition) is 1. The third-order valence-corrected chi connectivity index (χ3v) is 7.16. The first kappa shape index (κ1) is 18.9. The Morgan fingerprint density at radius 2 is 2.08 bits per heavy atom. The second kappa shape index (κ2) is 6.70. The molecule has 2 aliphatic rings. The number of rotatable bonds is 3. The normalized spacial score (nSPS) is 35.8. The zero-order valence-corrected chi connectivity index (χ0v) is 16.3. The molecule has 0 radical (unpaired) electrons. The molecule has 1 aromatic carbocycles. The number of esters is 1. The number of ether oxygens (including phenoxy) is 1. The van der Waals surface area contributed by atoms with Crippen LogP contribution in [-0.4, -0.2) is 12.6 Å². The molecule has 4 heteroatoms. The fourth-order valence-electron chi connectivity index (χ4n) is 5.55. The van der Waals surface area contributed by atoms with Crippen molar-refractivity contribution in [2.75, 3.05) is 6.61 Å². The van der Waals surface area contributed by atoms with Crippen molar-refractivity contribution in [1.29, 1.82) is 5.26 Å². The molecule has 140 valence electrons. The van der Waals surface area contributed by atoms with Crippen molar-refractivity contribution < 1.29 is 9.53 Å². The predicted octanol–water partition coefficient (Wildman–Crippen LogP) is 3.91. The molecule has 0 aliphatic heterocycles. The highest BCUT2D eigenvalue weighted by Crippen LogP contribution is 2.60. The molecule has 2 aliphatic carbocycles. The van der Waals surface area contributed by atoms with Crippen LogP contribution in [0.3, 0.4) is 0 Å². The maximum Gasteiger partial charge on any atom is 0.331 e. The Kier molecular flexibility index (Phi) is 4.88. The van der Waals surface area contributed by atoms with E-state index in [4.69, 9.17) is 10.5 Å². The first-order chi connectivity index (χ1) is 12.3. The molecule has 0 saturated heterocycles. The average Bonchev–Trinajstić information content (AvgIpc) is 2.87. The lowest BCUT2D eigenvalue weighted by molar-refractivity contribution is -0.159. The third-order valence-electron chi connectivity index (χ3n) is 7.16. The van der Waals surface area contributed by atoms with Crippen LogP contribution in [0.5, 0.6) is 0 Å². The van der Waals surface area contributed by atoms with Crippen LogP contribution < -0.4 is 5.73 Å². The van der Waals surface area contributed by atoms with Gasteiger partial charge >= 0.3 is 5.97 Å². The molecule has 3 rings (SSSR count). The van der Waals surface area contributed by atoms with Gasteiger partial charge in [0.15, 0.2) is 0 Å². The molecular formula is C22H30N2O2. The molecule has 5 atom stereocenters. The number of carbonyl (C=O) groups is 1. The molecule has 0 bridgehead atoms. The van der Waals surface area contributed by atoms with E-state index in [0.29, 0.717) is 29.9 Å². The van der Waals surface area contributed by atoms with Gasteiger partial charge in [-0.05, 0) is 67.2 Å². The lowest BCUT2D eigenvalue weighted by Crippen LogP contribution is -2.59. The van der Waals surface area contributed by atoms with Gasteiger partial charge in [0.1, 0.15) is 5.54 Å². The summed E-state index contributed by atoms with van der Waals surface area (Å²) in [6.45, 7) is 8.96. The van der Waals surface area contributed by atoms with E-state index in [2.05, 4.69) is 26.8 Å². The Hall–Kier alpha value is -1.86. The Labute approximate surface area is 156 Å². The van der Waals surface area contributed by atoms with E-state index in [1.165, 1.54) is 0 Å². The van der Waals surface area contributed by atoms with Gasteiger partial charge in [0.05, 0.1) is 18.2 Å². The molecule has 1 saturated carbocycles. The highest BCUT2D eigenvalue weighted by Gasteiger charge is 2.63. The summed E-state index contributed by atoms with van der Waals surface area (Å²) in [5.74, 6) is 1.32. The molecule has 0 aromatic heterocycles. The van der Waals surface area contributed by atoms with Gasteiger partial charge in [0.25, 0.3) is 0 Å². The lowest BCUT2D eigenvalue weighted by Gasteiger charge is -2.51. The number of nitrogens with zero attached hydrogens (tertiary/aromatic N) is 1. The first-order valence-electron chi connectivity index (χ1n) is 9.82. The van der Waals surface area contributed by atoms with Crippen LogP contribution in [0.25, 0.3) is 0 Å². The number of fused-ring (bicyclic) bond motifs is 1. The molecular weight excluding hydrogens is 324 g/mol. The van der Waals surface area contributed by atoms with Crippen LogP contribution in [0.1, 0.15) is 63.6 Å². The molecule has 0 heterocycles. The molecule has 1 fully saturated rings. The second-order valence-corrected chi connectivity index (χ2v) is 8.38. The van der Waals surface area contributed by atoms with Gasteiger partial charge in [-0.15, -0.1) is 0 Å². The van der Waals surface area contributed by atoms with Crippen LogP contribution >= 0.6 is 0 Å². The van der Waals surface area contributed by atoms with Gasteiger partial charge in [-0.1, -0.05) is 33.3 Å². The van der Waals surface area contributed by atoms with Crippen molar-refractivity contribution in [3.05, 3.63) is 34.9 Å². The maximum absolute atomic E-state index is 13.2. The molecule has 1 aromatic rings. The average molecular weight is 354 g/mol. The monoisotopic (exact) mass is 354 g/mol. The first-order valence-corrected chi connectivity index (χ1v) is 9.82. The Morgan fingerprint density at radius 3 is 2.69 bits per heavy atom. The van der Waals surface area contributed by atoms with Crippen LogP contribution in [0.4, 0.5) is 0 Å². The Morgan fingerprint density at radius 1 is 1.35 bits per heavy atom. The topological polar surface area (TPSA) is 76.1 Å². The standard InChI is InChI=1S/C22H30N2O2/c1-5-17-11-21(10-14(3)15(17)4)12-18-8-7-16(13-23)9-19(18)22(21,24)20(25)26-6-2/h7-9,14-15,17H,5-6,10-12,24H2,1-4H3/t14-,15+,17+,21+,22+/m0/s1. The van der Waals surface area contributed by atoms with Crippen molar-refractivity contribution >= 4 is 5.97 Å². The Balaban J connectivity index is 2.16. The van der Waals surface area contributed by atoms with Crippen molar-refractivity contribution in [1.82, 2.24) is 0 Å². The summed E-state index contributed by atoms with van der Waals surface area (Å²) in [6.07, 6.45) is 3.72. The smallest absolute Gasteiger partial charge is 0.331 e. The van der Waals surface area contributed by atoms with Gasteiger partial charge in [0, 0.05) is 5.41 Å². The predicted molar refractivity (Wildman–Crippen MR) is 101 cm³/mol. The van der Waals surface area contributed by atoms with Crippen molar-refractivity contribution in [3.8, 4) is 6.07 Å². The zero-order chi connectivity index (χ0) is 19.1. The molecule has 0 unspecified atom stereocenters. The largest absolute Gasteiger partial charge is 0.464 e. The van der Waals surface area contributed by atoms with Crippen LogP contribution in [0.15, 0.2) is 18.2 Å². The summed E-state index contributed by atoms with van der Waals surface area (Å²) >= 11 is 0. The van der Waals surface area contributed by atoms with E-state index >= 15 is 0 Å². The van der Waals surface area contributed by atoms with Gasteiger partial charge in [-0.2, -0.15) is 5.26 Å². The van der Waals surface area contributed by atoms with Gasteiger partial charge in [-0.25, -0.2) is 4.79 Å². The molecule has 4 nitrogen and oxygen atoms in total. The van der Waals surface area contributed by atoms with Crippen LogP contribution in [-0.2, 0) is 21.5 Å². The van der Waals surface area contributed by atoms with E-state index in [-0.39, 0.29) is 11.4 Å². The van der Waals surface area contributed by atoms with Gasteiger partial charge < -0.3 is 10.5 Å². The minimum absolute atomic E-state index is 0.310. The van der Waals surface area contributed by atoms with E-state index in [1.807, 2.05) is 25.1 Å². The summed E-state index contributed by atoms with van der Waals surface area (Å²) in [7, 11) is 0. The van der Waals surface area contributed by atoms with E-state index in [9.17, 15) is 10.1 Å². The number of nitrogens with two attached hydrogens (primary N) is 1. The summed E-state index contributed by atoms with van der Waals surface area (Å²) in [5, 5.41) is 9.33. The van der Waals surface area contributed by atoms with E-state index in [1.54, 1.807) is 0 Å². The number of carbonyl (C=O) groups excluding carboxylic acids is 1. The highest BCUT2D eigenvalue weighted by molar-refractivity contribution is 5.86. The number of hydrogen-bond acceptors (Lipinski definition) is 4. The molecule has 26 heavy (non-hydrogen) atoms. The van der Waals surface area contributed by atoms with Crippen molar-refractivity contribution in [3.63, 3.8) is 0 Å². The van der Waals surface area contributed by atoms with Crippen LogP contribution in [0, 0.1) is 34.5 Å².